The minimum absolute atomic E-state index is 0.162. The summed E-state index contributed by atoms with van der Waals surface area (Å²) in [5.74, 6) is 1.25. The normalized spacial score (nSPS) is 13.8. The van der Waals surface area contributed by atoms with Gasteiger partial charge < -0.3 is 10.2 Å². The predicted octanol–water partition coefficient (Wildman–Crippen LogP) is 2.72. The minimum atomic E-state index is -0.162. The molecule has 25 heavy (non-hydrogen) atoms. The number of aromatic amines is 1. The predicted molar refractivity (Wildman–Crippen MR) is 95.5 cm³/mol. The van der Waals surface area contributed by atoms with Gasteiger partial charge in [-0.05, 0) is 37.1 Å². The maximum absolute atomic E-state index is 12.8. The molecule has 2 N–H and O–H groups in total. The molecule has 1 amide bonds. The monoisotopic (exact) mass is 334 g/mol. The Kier molecular flexibility index (Phi) is 4.12. The van der Waals surface area contributed by atoms with Gasteiger partial charge in [-0.25, -0.2) is 9.97 Å². The summed E-state index contributed by atoms with van der Waals surface area (Å²) in [6, 6.07) is 11.1. The van der Waals surface area contributed by atoms with E-state index in [0.29, 0.717) is 17.1 Å². The average Bonchev–Trinajstić information content (AvgIpc) is 3.36. The molecule has 1 aliphatic heterocycles. The standard InChI is InChI=1S/C18H18N6O/c25-18(15-7-4-8-19-17(15)24-9-1-2-10-24)22-14-6-3-5-13(11-14)16-20-12-21-23-16/h3-8,11-12H,1-2,9-10H2,(H,22,25)(H,20,21,23). The number of nitrogens with zero attached hydrogens (tertiary/aromatic N) is 4. The van der Waals surface area contributed by atoms with Gasteiger partial charge in [-0.15, -0.1) is 0 Å². The molecule has 3 heterocycles. The Morgan fingerprint density at radius 3 is 2.80 bits per heavy atom. The van der Waals surface area contributed by atoms with Crippen LogP contribution in [0.1, 0.15) is 23.2 Å². The van der Waals surface area contributed by atoms with Crippen molar-refractivity contribution in [1.29, 1.82) is 0 Å². The highest BCUT2D eigenvalue weighted by molar-refractivity contribution is 6.07. The number of pyridine rings is 1. The van der Waals surface area contributed by atoms with Gasteiger partial charge in [0.2, 0.25) is 0 Å². The number of hydrogen-bond donors (Lipinski definition) is 2. The van der Waals surface area contributed by atoms with Crippen LogP contribution in [0.4, 0.5) is 11.5 Å². The van der Waals surface area contributed by atoms with Crippen LogP contribution in [-0.2, 0) is 0 Å². The van der Waals surface area contributed by atoms with Crippen molar-refractivity contribution in [3.63, 3.8) is 0 Å². The molecule has 2 aromatic heterocycles. The largest absolute Gasteiger partial charge is 0.356 e. The van der Waals surface area contributed by atoms with Gasteiger partial charge in [0.25, 0.3) is 5.91 Å². The fourth-order valence-electron chi connectivity index (χ4n) is 3.04. The van der Waals surface area contributed by atoms with Gasteiger partial charge in [-0.1, -0.05) is 12.1 Å². The van der Waals surface area contributed by atoms with Gasteiger partial charge in [0, 0.05) is 30.5 Å². The zero-order valence-corrected chi connectivity index (χ0v) is 13.6. The summed E-state index contributed by atoms with van der Waals surface area (Å²) in [6.45, 7) is 1.89. The van der Waals surface area contributed by atoms with Crippen LogP contribution in [-0.4, -0.2) is 39.2 Å². The molecule has 1 fully saturated rings. The molecule has 7 heteroatoms. The third kappa shape index (κ3) is 3.21. The van der Waals surface area contributed by atoms with Crippen molar-refractivity contribution in [1.82, 2.24) is 20.2 Å². The molecule has 0 saturated carbocycles. The molecule has 0 radical (unpaired) electrons. The highest BCUT2D eigenvalue weighted by Gasteiger charge is 2.20. The molecule has 7 nitrogen and oxygen atoms in total. The number of rotatable bonds is 4. The zero-order valence-electron chi connectivity index (χ0n) is 13.6. The number of amides is 1. The van der Waals surface area contributed by atoms with Crippen molar-refractivity contribution in [2.24, 2.45) is 0 Å². The van der Waals surface area contributed by atoms with Crippen LogP contribution >= 0.6 is 0 Å². The lowest BCUT2D eigenvalue weighted by Gasteiger charge is -2.19. The molecule has 1 aliphatic rings. The first-order chi connectivity index (χ1) is 12.3. The first-order valence-electron chi connectivity index (χ1n) is 8.28. The van der Waals surface area contributed by atoms with Crippen molar-refractivity contribution in [3.05, 3.63) is 54.5 Å². The Hall–Kier alpha value is -3.22. The van der Waals surface area contributed by atoms with Crippen LogP contribution in [0.2, 0.25) is 0 Å². The summed E-state index contributed by atoms with van der Waals surface area (Å²) in [6.07, 6.45) is 5.46. The Bertz CT molecular complexity index is 871. The van der Waals surface area contributed by atoms with Gasteiger partial charge in [0.15, 0.2) is 5.82 Å². The lowest BCUT2D eigenvalue weighted by atomic mass is 10.1. The number of nitrogens with one attached hydrogen (secondary N) is 2. The van der Waals surface area contributed by atoms with Crippen LogP contribution in [0.3, 0.4) is 0 Å². The molecule has 1 aromatic carbocycles. The number of H-pyrrole nitrogens is 1. The van der Waals surface area contributed by atoms with E-state index in [-0.39, 0.29) is 5.91 Å². The van der Waals surface area contributed by atoms with Gasteiger partial charge in [0.1, 0.15) is 12.1 Å². The number of anilines is 2. The SMILES string of the molecule is O=C(Nc1cccc(-c2ncn[nH]2)c1)c1cccnc1N1CCCC1. The number of carbonyl (C=O) groups excluding carboxylic acids is 1. The number of aromatic nitrogens is 4. The van der Waals surface area contributed by atoms with E-state index < -0.39 is 0 Å². The lowest BCUT2D eigenvalue weighted by molar-refractivity contribution is 0.102. The van der Waals surface area contributed by atoms with E-state index in [2.05, 4.69) is 30.4 Å². The smallest absolute Gasteiger partial charge is 0.259 e. The van der Waals surface area contributed by atoms with Crippen molar-refractivity contribution in [2.75, 3.05) is 23.3 Å². The summed E-state index contributed by atoms with van der Waals surface area (Å²) in [5, 5.41) is 9.63. The fourth-order valence-corrected chi connectivity index (χ4v) is 3.04. The second-order valence-electron chi connectivity index (χ2n) is 5.94. The quantitative estimate of drug-likeness (QED) is 0.766. The maximum atomic E-state index is 12.8. The minimum Gasteiger partial charge on any atom is -0.356 e. The van der Waals surface area contributed by atoms with Gasteiger partial charge in [-0.2, -0.15) is 5.10 Å². The Labute approximate surface area is 145 Å². The van der Waals surface area contributed by atoms with E-state index in [1.807, 2.05) is 30.3 Å². The molecule has 0 atom stereocenters. The summed E-state index contributed by atoms with van der Waals surface area (Å²) in [7, 11) is 0. The lowest BCUT2D eigenvalue weighted by Crippen LogP contribution is -2.24. The van der Waals surface area contributed by atoms with E-state index in [1.165, 1.54) is 6.33 Å². The molecule has 0 unspecified atom stereocenters. The molecule has 0 bridgehead atoms. The summed E-state index contributed by atoms with van der Waals surface area (Å²) < 4.78 is 0. The molecule has 3 aromatic rings. The van der Waals surface area contributed by atoms with E-state index in [1.54, 1.807) is 12.3 Å². The Morgan fingerprint density at radius 2 is 2.00 bits per heavy atom. The summed E-state index contributed by atoms with van der Waals surface area (Å²) >= 11 is 0. The Morgan fingerprint density at radius 1 is 1.12 bits per heavy atom. The molecule has 0 spiro atoms. The van der Waals surface area contributed by atoms with Crippen molar-refractivity contribution in [2.45, 2.75) is 12.8 Å². The molecule has 1 saturated heterocycles. The van der Waals surface area contributed by atoms with Crippen molar-refractivity contribution in [3.8, 4) is 11.4 Å². The maximum Gasteiger partial charge on any atom is 0.259 e. The van der Waals surface area contributed by atoms with E-state index in [9.17, 15) is 4.79 Å². The van der Waals surface area contributed by atoms with Crippen LogP contribution in [0, 0.1) is 0 Å². The zero-order chi connectivity index (χ0) is 17.1. The van der Waals surface area contributed by atoms with Crippen LogP contribution in [0.5, 0.6) is 0 Å². The van der Waals surface area contributed by atoms with E-state index in [0.717, 1.165) is 37.3 Å². The van der Waals surface area contributed by atoms with Crippen LogP contribution in [0.15, 0.2) is 48.9 Å². The topological polar surface area (TPSA) is 86.8 Å². The second kappa shape index (κ2) is 6.72. The van der Waals surface area contributed by atoms with Crippen LogP contribution < -0.4 is 10.2 Å². The Balaban J connectivity index is 1.58. The first-order valence-corrected chi connectivity index (χ1v) is 8.28. The first kappa shape index (κ1) is 15.3. The molecule has 4 rings (SSSR count). The molecule has 126 valence electrons. The highest BCUT2D eigenvalue weighted by Crippen LogP contribution is 2.24. The van der Waals surface area contributed by atoms with Gasteiger partial charge in [-0.3, -0.25) is 9.89 Å². The van der Waals surface area contributed by atoms with Gasteiger partial charge in [0.05, 0.1) is 5.56 Å². The summed E-state index contributed by atoms with van der Waals surface area (Å²) in [5.41, 5.74) is 2.16. The number of carbonyl (C=O) groups is 1. The number of benzene rings is 1. The molecular weight excluding hydrogens is 316 g/mol. The highest BCUT2D eigenvalue weighted by atomic mass is 16.1. The van der Waals surface area contributed by atoms with E-state index in [4.69, 9.17) is 0 Å². The summed E-state index contributed by atoms with van der Waals surface area (Å²) in [4.78, 5) is 23.5. The second-order valence-corrected chi connectivity index (χ2v) is 5.94. The molecule has 0 aliphatic carbocycles. The van der Waals surface area contributed by atoms with Gasteiger partial charge >= 0.3 is 0 Å². The third-order valence-corrected chi connectivity index (χ3v) is 4.25. The molecular formula is C18H18N6O. The fraction of sp³-hybridized carbons (Fsp3) is 0.222. The van der Waals surface area contributed by atoms with Crippen molar-refractivity contribution < 1.29 is 4.79 Å². The number of hydrogen-bond acceptors (Lipinski definition) is 5. The average molecular weight is 334 g/mol. The third-order valence-electron chi connectivity index (χ3n) is 4.25. The van der Waals surface area contributed by atoms with Crippen LogP contribution in [0.25, 0.3) is 11.4 Å². The van der Waals surface area contributed by atoms with Crippen molar-refractivity contribution >= 4 is 17.4 Å². The van der Waals surface area contributed by atoms with E-state index >= 15 is 0 Å².